The lowest BCUT2D eigenvalue weighted by Gasteiger charge is -2.30. The SMILES string of the molecule is C[C@H]1CCC[C@@H](C[C@@H](O)c2cccc3ccncc23)N1. The summed E-state index contributed by atoms with van der Waals surface area (Å²) in [5.41, 5.74) is 0.996. The van der Waals surface area contributed by atoms with Crippen LogP contribution in [0.1, 0.15) is 44.3 Å². The molecular weight excluding hydrogens is 248 g/mol. The maximum Gasteiger partial charge on any atom is 0.0811 e. The fourth-order valence-electron chi connectivity index (χ4n) is 3.25. The number of hydrogen-bond acceptors (Lipinski definition) is 3. The zero-order chi connectivity index (χ0) is 13.9. The monoisotopic (exact) mass is 270 g/mol. The van der Waals surface area contributed by atoms with Gasteiger partial charge in [-0.05, 0) is 43.2 Å². The molecule has 1 saturated heterocycles. The van der Waals surface area contributed by atoms with Crippen molar-refractivity contribution in [3.63, 3.8) is 0 Å². The summed E-state index contributed by atoms with van der Waals surface area (Å²) >= 11 is 0. The fraction of sp³-hybridized carbons (Fsp3) is 0.471. The van der Waals surface area contributed by atoms with Crippen LogP contribution >= 0.6 is 0 Å². The topological polar surface area (TPSA) is 45.2 Å². The molecule has 1 aliphatic rings. The van der Waals surface area contributed by atoms with Gasteiger partial charge in [0.1, 0.15) is 0 Å². The van der Waals surface area contributed by atoms with E-state index >= 15 is 0 Å². The fourth-order valence-corrected chi connectivity index (χ4v) is 3.25. The number of aliphatic hydroxyl groups is 1. The lowest BCUT2D eigenvalue weighted by molar-refractivity contribution is 0.140. The highest BCUT2D eigenvalue weighted by Crippen LogP contribution is 2.28. The second-order valence-electron chi connectivity index (χ2n) is 5.89. The van der Waals surface area contributed by atoms with Crippen LogP contribution in [0.15, 0.2) is 36.7 Å². The van der Waals surface area contributed by atoms with Crippen molar-refractivity contribution in [2.24, 2.45) is 0 Å². The van der Waals surface area contributed by atoms with E-state index in [1.165, 1.54) is 12.8 Å². The number of nitrogens with zero attached hydrogens (tertiary/aromatic N) is 1. The Morgan fingerprint density at radius 3 is 3.10 bits per heavy atom. The number of benzene rings is 1. The Bertz CT molecular complexity index is 579. The molecule has 1 aliphatic heterocycles. The molecule has 0 spiro atoms. The van der Waals surface area contributed by atoms with Crippen LogP contribution in [0.2, 0.25) is 0 Å². The zero-order valence-electron chi connectivity index (χ0n) is 11.9. The van der Waals surface area contributed by atoms with Crippen LogP contribution < -0.4 is 5.32 Å². The number of piperidine rings is 1. The van der Waals surface area contributed by atoms with E-state index in [1.54, 1.807) is 6.20 Å². The lowest BCUT2D eigenvalue weighted by atomic mass is 9.92. The first-order valence-electron chi connectivity index (χ1n) is 7.51. The highest BCUT2D eigenvalue weighted by atomic mass is 16.3. The van der Waals surface area contributed by atoms with Gasteiger partial charge in [0.05, 0.1) is 6.10 Å². The van der Waals surface area contributed by atoms with Crippen LogP contribution in [0.3, 0.4) is 0 Å². The number of fused-ring (bicyclic) bond motifs is 1. The molecule has 3 atom stereocenters. The second kappa shape index (κ2) is 5.90. The van der Waals surface area contributed by atoms with Gasteiger partial charge in [-0.15, -0.1) is 0 Å². The van der Waals surface area contributed by atoms with E-state index in [-0.39, 0.29) is 0 Å². The van der Waals surface area contributed by atoms with Crippen molar-refractivity contribution >= 4 is 10.8 Å². The molecule has 20 heavy (non-hydrogen) atoms. The van der Waals surface area contributed by atoms with Gasteiger partial charge in [0.2, 0.25) is 0 Å². The van der Waals surface area contributed by atoms with E-state index in [9.17, 15) is 5.11 Å². The molecule has 1 aromatic carbocycles. The Kier molecular flexibility index (Phi) is 3.99. The van der Waals surface area contributed by atoms with Gasteiger partial charge in [-0.25, -0.2) is 0 Å². The predicted molar refractivity (Wildman–Crippen MR) is 81.6 cm³/mol. The molecule has 2 heterocycles. The van der Waals surface area contributed by atoms with Gasteiger partial charge in [-0.3, -0.25) is 4.98 Å². The molecule has 3 nitrogen and oxygen atoms in total. The highest BCUT2D eigenvalue weighted by Gasteiger charge is 2.22. The Hall–Kier alpha value is -1.45. The molecule has 0 saturated carbocycles. The van der Waals surface area contributed by atoms with E-state index in [0.717, 1.165) is 29.2 Å². The Morgan fingerprint density at radius 1 is 1.35 bits per heavy atom. The summed E-state index contributed by atoms with van der Waals surface area (Å²) in [5.74, 6) is 0. The average Bonchev–Trinajstić information content (AvgIpc) is 2.46. The number of hydrogen-bond donors (Lipinski definition) is 2. The summed E-state index contributed by atoms with van der Waals surface area (Å²) in [7, 11) is 0. The highest BCUT2D eigenvalue weighted by molar-refractivity contribution is 5.85. The van der Waals surface area contributed by atoms with Crippen LogP contribution in [0.25, 0.3) is 10.8 Å². The van der Waals surface area contributed by atoms with Crippen LogP contribution in [0.5, 0.6) is 0 Å². The molecule has 2 aromatic rings. The smallest absolute Gasteiger partial charge is 0.0811 e. The van der Waals surface area contributed by atoms with Gasteiger partial charge < -0.3 is 10.4 Å². The minimum absolute atomic E-state index is 0.417. The minimum atomic E-state index is -0.425. The number of rotatable bonds is 3. The molecule has 106 valence electrons. The zero-order valence-corrected chi connectivity index (χ0v) is 11.9. The van der Waals surface area contributed by atoms with E-state index < -0.39 is 6.10 Å². The van der Waals surface area contributed by atoms with Crippen LogP contribution in [-0.2, 0) is 0 Å². The van der Waals surface area contributed by atoms with Crippen molar-refractivity contribution in [3.05, 3.63) is 42.2 Å². The van der Waals surface area contributed by atoms with Gasteiger partial charge in [-0.2, -0.15) is 0 Å². The summed E-state index contributed by atoms with van der Waals surface area (Å²) in [6, 6.07) is 9.06. The Balaban J connectivity index is 1.80. The van der Waals surface area contributed by atoms with E-state index in [4.69, 9.17) is 0 Å². The minimum Gasteiger partial charge on any atom is -0.388 e. The molecule has 0 bridgehead atoms. The molecule has 3 heteroatoms. The van der Waals surface area contributed by atoms with Crippen molar-refractivity contribution in [1.29, 1.82) is 0 Å². The maximum atomic E-state index is 10.6. The molecule has 1 aromatic heterocycles. The lowest BCUT2D eigenvalue weighted by Crippen LogP contribution is -2.41. The van der Waals surface area contributed by atoms with Crippen molar-refractivity contribution in [1.82, 2.24) is 10.3 Å². The van der Waals surface area contributed by atoms with Gasteiger partial charge in [-0.1, -0.05) is 24.6 Å². The first kappa shape index (κ1) is 13.5. The number of aliphatic hydroxyl groups excluding tert-OH is 1. The maximum absolute atomic E-state index is 10.6. The van der Waals surface area contributed by atoms with Crippen molar-refractivity contribution < 1.29 is 5.11 Å². The molecule has 0 unspecified atom stereocenters. The summed E-state index contributed by atoms with van der Waals surface area (Å²) in [6.45, 7) is 2.22. The Morgan fingerprint density at radius 2 is 2.25 bits per heavy atom. The molecular formula is C17H22N2O. The summed E-state index contributed by atoms with van der Waals surface area (Å²) in [4.78, 5) is 4.19. The first-order valence-corrected chi connectivity index (χ1v) is 7.51. The third-order valence-electron chi connectivity index (χ3n) is 4.29. The number of pyridine rings is 1. The normalized spacial score (nSPS) is 24.7. The van der Waals surface area contributed by atoms with Gasteiger partial charge >= 0.3 is 0 Å². The average molecular weight is 270 g/mol. The summed E-state index contributed by atoms with van der Waals surface area (Å²) < 4.78 is 0. The third-order valence-corrected chi connectivity index (χ3v) is 4.29. The second-order valence-corrected chi connectivity index (χ2v) is 5.89. The van der Waals surface area contributed by atoms with E-state index in [0.29, 0.717) is 12.1 Å². The number of aromatic nitrogens is 1. The molecule has 0 amide bonds. The molecule has 1 fully saturated rings. The van der Waals surface area contributed by atoms with Crippen molar-refractivity contribution in [2.75, 3.05) is 0 Å². The van der Waals surface area contributed by atoms with Crippen LogP contribution in [-0.4, -0.2) is 22.2 Å². The number of nitrogens with one attached hydrogen (secondary N) is 1. The van der Waals surface area contributed by atoms with Gasteiger partial charge in [0.15, 0.2) is 0 Å². The molecule has 2 N–H and O–H groups in total. The third kappa shape index (κ3) is 2.84. The molecule has 3 rings (SSSR count). The first-order chi connectivity index (χ1) is 9.74. The van der Waals surface area contributed by atoms with Gasteiger partial charge in [0, 0.05) is 29.9 Å². The van der Waals surface area contributed by atoms with Crippen molar-refractivity contribution in [2.45, 2.75) is 50.8 Å². The standard InChI is InChI=1S/C17H22N2O/c1-12-4-2-6-14(19-12)10-17(20)15-7-3-5-13-8-9-18-11-16(13)15/h3,5,7-9,11-12,14,17,19-20H,2,4,6,10H2,1H3/t12-,14-,17+/m0/s1. The van der Waals surface area contributed by atoms with Gasteiger partial charge in [0.25, 0.3) is 0 Å². The predicted octanol–water partition coefficient (Wildman–Crippen LogP) is 3.19. The largest absolute Gasteiger partial charge is 0.388 e. The summed E-state index contributed by atoms with van der Waals surface area (Å²) in [5, 5.41) is 16.4. The Labute approximate surface area is 120 Å². The van der Waals surface area contributed by atoms with Crippen molar-refractivity contribution in [3.8, 4) is 0 Å². The quantitative estimate of drug-likeness (QED) is 0.900. The van der Waals surface area contributed by atoms with Crippen LogP contribution in [0.4, 0.5) is 0 Å². The van der Waals surface area contributed by atoms with Crippen LogP contribution in [0, 0.1) is 0 Å². The molecule has 0 radical (unpaired) electrons. The molecule has 0 aliphatic carbocycles. The summed E-state index contributed by atoms with van der Waals surface area (Å²) in [6.07, 6.45) is 7.65. The van der Waals surface area contributed by atoms with E-state index in [1.807, 2.05) is 24.4 Å². The van der Waals surface area contributed by atoms with E-state index in [2.05, 4.69) is 23.3 Å².